The van der Waals surface area contributed by atoms with Crippen LogP contribution in [0.4, 0.5) is 27.4 Å². The summed E-state index contributed by atoms with van der Waals surface area (Å²) >= 11 is 6.46. The van der Waals surface area contributed by atoms with Crippen molar-refractivity contribution in [2.24, 2.45) is 15.2 Å². The van der Waals surface area contributed by atoms with Gasteiger partial charge >= 0.3 is 0 Å². The molecule has 1 fully saturated rings. The largest absolute Gasteiger partial charge is 0.496 e. The number of nitrogens with one attached hydrogen (secondary N) is 3. The number of rotatable bonds is 18. The predicted molar refractivity (Wildman–Crippen MR) is 269 cm³/mol. The van der Waals surface area contributed by atoms with Crippen molar-refractivity contribution in [1.29, 1.82) is 0 Å². The molecular weight excluding hydrogens is 977 g/mol. The minimum atomic E-state index is -0.774. The third-order valence-corrected chi connectivity index (χ3v) is 12.7. The third-order valence-electron chi connectivity index (χ3n) is 12.5. The van der Waals surface area contributed by atoms with E-state index >= 15 is 4.39 Å². The average Bonchev–Trinajstić information content (AvgIpc) is 3.66. The van der Waals surface area contributed by atoms with Gasteiger partial charge in [-0.2, -0.15) is 10.2 Å². The number of fused-ring (bicyclic) bond motifs is 4. The molecule has 1 atom stereocenters. The van der Waals surface area contributed by atoms with Gasteiger partial charge in [-0.25, -0.2) is 14.4 Å². The molecule has 19 nitrogen and oxygen atoms in total. The van der Waals surface area contributed by atoms with Crippen LogP contribution in [0.1, 0.15) is 68.7 Å². The highest BCUT2D eigenvalue weighted by atomic mass is 35.5. The fourth-order valence-electron chi connectivity index (χ4n) is 8.84. The van der Waals surface area contributed by atoms with Crippen molar-refractivity contribution in [1.82, 2.24) is 25.5 Å². The number of amides is 4. The predicted octanol–water partition coefficient (Wildman–Crippen LogP) is 8.40. The number of ketones is 1. The van der Waals surface area contributed by atoms with Gasteiger partial charge in [-0.15, -0.1) is 0 Å². The van der Waals surface area contributed by atoms with E-state index in [2.05, 4.69) is 31.2 Å². The van der Waals surface area contributed by atoms with Crippen molar-refractivity contribution in [3.8, 4) is 40.0 Å². The van der Waals surface area contributed by atoms with E-state index in [1.165, 1.54) is 39.4 Å². The van der Waals surface area contributed by atoms with Crippen LogP contribution < -0.4 is 39.6 Å². The van der Waals surface area contributed by atoms with Crippen LogP contribution in [0.5, 0.6) is 28.7 Å². The lowest BCUT2D eigenvalue weighted by molar-refractivity contribution is -0.137. The monoisotopic (exact) mass is 1020 g/mol. The van der Waals surface area contributed by atoms with Crippen LogP contribution in [-0.4, -0.2) is 97.6 Å². The van der Waals surface area contributed by atoms with Crippen LogP contribution in [0.15, 0.2) is 106 Å². The molecule has 4 heterocycles. The van der Waals surface area contributed by atoms with E-state index in [1.807, 2.05) is 0 Å². The van der Waals surface area contributed by atoms with Gasteiger partial charge in [-0.3, -0.25) is 34.3 Å². The first-order chi connectivity index (χ1) is 35.9. The highest BCUT2D eigenvalue weighted by Gasteiger charge is 2.40. The van der Waals surface area contributed by atoms with Crippen LogP contribution in [0.3, 0.4) is 0 Å². The summed E-state index contributed by atoms with van der Waals surface area (Å²) in [6, 6.07) is 22.1. The first kappa shape index (κ1) is 50.2. The first-order valence-electron chi connectivity index (χ1n) is 23.2. The standard InChI is InChI=1S/C53H47ClFN9O10/c1-70-41-12-6-10-38(55)46(41)48-36-20-29(54)13-15-33(36)47-28(24-57-48)25-58-53(61-47)59-30-14-16-35(42(21-30)71-2)50(67)56-19-7-8-32(65)27-74-49-43(72-3)22-31(23-44(49)73-4)62-63-39-11-5-9-34-37(39)26-64(52(34)69)40-17-18-45(66)60-51(40)68/h5-6,9-16,20-23,25,40H,7-8,17-19,24,26-27H2,1-4H3,(H,56,67)(H,58,59,61)(H,60,66,68). The summed E-state index contributed by atoms with van der Waals surface area (Å²) in [5.74, 6) is -0.911. The Hall–Kier alpha value is -8.78. The molecule has 0 radical (unpaired) electrons. The second kappa shape index (κ2) is 21.9. The summed E-state index contributed by atoms with van der Waals surface area (Å²) < 4.78 is 43.5. The molecular formula is C53H47ClFN9O10. The number of piperidine rings is 1. The Balaban J connectivity index is 0.790. The van der Waals surface area contributed by atoms with Gasteiger partial charge in [-0.05, 0) is 61.4 Å². The number of anilines is 2. The second-order valence-electron chi connectivity index (χ2n) is 17.0. The number of aliphatic imine (C=N–C) groups is 1. The Morgan fingerprint density at radius 2 is 1.64 bits per heavy atom. The van der Waals surface area contributed by atoms with E-state index < -0.39 is 23.7 Å². The topological polar surface area (TPSA) is 234 Å². The zero-order chi connectivity index (χ0) is 52.0. The number of ether oxygens (including phenoxy) is 5. The molecule has 5 aromatic carbocycles. The number of hydrogen-bond donors (Lipinski definition) is 3. The maximum absolute atomic E-state index is 15.4. The van der Waals surface area contributed by atoms with Gasteiger partial charge in [0, 0.05) is 88.9 Å². The number of imide groups is 1. The van der Waals surface area contributed by atoms with Gasteiger partial charge in [0.25, 0.3) is 11.8 Å². The molecule has 0 aliphatic carbocycles. The van der Waals surface area contributed by atoms with E-state index in [1.54, 1.807) is 85.1 Å². The number of hydrogen-bond acceptors (Lipinski definition) is 16. The second-order valence-corrected chi connectivity index (χ2v) is 17.5. The molecule has 0 bridgehead atoms. The summed E-state index contributed by atoms with van der Waals surface area (Å²) in [4.78, 5) is 79.5. The molecule has 1 saturated heterocycles. The molecule has 1 unspecified atom stereocenters. The maximum atomic E-state index is 15.4. The molecule has 3 N–H and O–H groups in total. The number of aromatic nitrogens is 2. The highest BCUT2D eigenvalue weighted by molar-refractivity contribution is 6.31. The lowest BCUT2D eigenvalue weighted by Crippen LogP contribution is -2.52. The molecule has 4 amide bonds. The zero-order valence-electron chi connectivity index (χ0n) is 40.4. The Bertz CT molecular complexity index is 3290. The van der Waals surface area contributed by atoms with Gasteiger partial charge in [0.05, 0.1) is 68.9 Å². The number of Topliss-reactive ketones (excluding diaryl/α,β-unsaturated/α-hetero) is 1. The molecule has 21 heteroatoms. The molecule has 9 rings (SSSR count). The number of halogens is 2. The lowest BCUT2D eigenvalue weighted by atomic mass is 9.94. The number of carbonyl (C=O) groups excluding carboxylic acids is 5. The van der Waals surface area contributed by atoms with Crippen molar-refractivity contribution in [2.75, 3.05) is 46.9 Å². The van der Waals surface area contributed by atoms with Crippen LogP contribution >= 0.6 is 11.6 Å². The Kier molecular flexibility index (Phi) is 14.9. The van der Waals surface area contributed by atoms with Gasteiger partial charge < -0.3 is 39.2 Å². The van der Waals surface area contributed by atoms with Crippen molar-refractivity contribution >= 4 is 69.7 Å². The average molecular weight is 1020 g/mol. The minimum absolute atomic E-state index is 0.0884. The van der Waals surface area contributed by atoms with Crippen LogP contribution in [-0.2, 0) is 27.5 Å². The maximum Gasteiger partial charge on any atom is 0.255 e. The Labute approximate surface area is 428 Å². The van der Waals surface area contributed by atoms with Gasteiger partial charge in [0.2, 0.25) is 23.5 Å². The van der Waals surface area contributed by atoms with Gasteiger partial charge in [-0.1, -0.05) is 29.8 Å². The molecule has 6 aromatic rings. The summed E-state index contributed by atoms with van der Waals surface area (Å²) in [5.41, 5.74) is 5.61. The van der Waals surface area contributed by atoms with E-state index in [9.17, 15) is 24.0 Å². The fraction of sp³-hybridized carbons (Fsp3) is 0.245. The number of nitrogens with zero attached hydrogens (tertiary/aromatic N) is 6. The Morgan fingerprint density at radius 1 is 0.865 bits per heavy atom. The van der Waals surface area contributed by atoms with E-state index in [0.717, 1.165) is 0 Å². The van der Waals surface area contributed by atoms with E-state index in [0.29, 0.717) is 73.5 Å². The first-order valence-corrected chi connectivity index (χ1v) is 23.6. The van der Waals surface area contributed by atoms with Crippen LogP contribution in [0.25, 0.3) is 11.3 Å². The smallest absolute Gasteiger partial charge is 0.255 e. The molecule has 3 aliphatic rings. The highest BCUT2D eigenvalue weighted by Crippen LogP contribution is 2.43. The third kappa shape index (κ3) is 10.4. The normalized spacial score (nSPS) is 14.8. The van der Waals surface area contributed by atoms with Gasteiger partial charge in [0.15, 0.2) is 17.3 Å². The number of carbonyl (C=O) groups is 5. The molecule has 378 valence electrons. The molecule has 3 aliphatic heterocycles. The van der Waals surface area contributed by atoms with E-state index in [-0.39, 0.29) is 103 Å². The molecule has 0 saturated carbocycles. The fourth-order valence-corrected chi connectivity index (χ4v) is 9.01. The number of benzene rings is 5. The summed E-state index contributed by atoms with van der Waals surface area (Å²) in [7, 11) is 5.76. The zero-order valence-corrected chi connectivity index (χ0v) is 41.2. The van der Waals surface area contributed by atoms with Gasteiger partial charge in [0.1, 0.15) is 30.0 Å². The Morgan fingerprint density at radius 3 is 2.39 bits per heavy atom. The molecule has 1 aromatic heterocycles. The molecule has 0 spiro atoms. The van der Waals surface area contributed by atoms with Crippen molar-refractivity contribution in [2.45, 2.75) is 44.8 Å². The molecule has 74 heavy (non-hydrogen) atoms. The minimum Gasteiger partial charge on any atom is -0.496 e. The van der Waals surface area contributed by atoms with Crippen molar-refractivity contribution in [3.05, 3.63) is 135 Å². The lowest BCUT2D eigenvalue weighted by Gasteiger charge is -2.29. The SMILES string of the molecule is COc1cc(Nc2ncc3c(n2)-c2ccc(Cl)cc2C(c2c(F)cccc2OC)=NC3)ccc1C(=O)NCCCC(=O)COc1c(OC)cc(N=Nc2cccc3c2CN(C2CCC(=O)NC2=O)C3=O)cc1OC. The summed E-state index contributed by atoms with van der Waals surface area (Å²) in [6.07, 6.45) is 2.42. The van der Waals surface area contributed by atoms with Crippen LogP contribution in [0, 0.1) is 5.82 Å². The summed E-state index contributed by atoms with van der Waals surface area (Å²) in [5, 5.41) is 17.5. The quantitative estimate of drug-likeness (QED) is 0.0417. The van der Waals surface area contributed by atoms with Crippen molar-refractivity contribution in [3.63, 3.8) is 0 Å². The van der Waals surface area contributed by atoms with Crippen LogP contribution in [0.2, 0.25) is 5.02 Å². The number of methoxy groups -OCH3 is 4. The number of azo groups is 1. The van der Waals surface area contributed by atoms with Crippen molar-refractivity contribution < 1.29 is 52.0 Å². The summed E-state index contributed by atoms with van der Waals surface area (Å²) in [6.45, 7) is 0.147. The van der Waals surface area contributed by atoms with E-state index in [4.69, 9.17) is 45.3 Å².